The zero-order valence-corrected chi connectivity index (χ0v) is 12.0. The standard InChI is InChI=1S/C18H18O2/c1-12-8-9-16(10-14(12)3)17(18(19)20)11-15-7-5-4-6-13(15)2/h4-11H,1-3H3,(H,19,20)/b17-11-. The van der Waals surface area contributed by atoms with Gasteiger partial charge in [0.2, 0.25) is 0 Å². The minimum absolute atomic E-state index is 0.322. The second-order valence-electron chi connectivity index (χ2n) is 5.02. The average Bonchev–Trinajstić information content (AvgIpc) is 2.41. The van der Waals surface area contributed by atoms with Gasteiger partial charge in [0.15, 0.2) is 0 Å². The lowest BCUT2D eigenvalue weighted by Gasteiger charge is -2.07. The lowest BCUT2D eigenvalue weighted by molar-refractivity contribution is -0.130. The van der Waals surface area contributed by atoms with Crippen molar-refractivity contribution in [3.63, 3.8) is 0 Å². The highest BCUT2D eigenvalue weighted by atomic mass is 16.4. The van der Waals surface area contributed by atoms with Crippen LogP contribution in [0, 0.1) is 20.8 Å². The Morgan fingerprint density at radius 1 is 0.950 bits per heavy atom. The lowest BCUT2D eigenvalue weighted by Crippen LogP contribution is -2.00. The summed E-state index contributed by atoms with van der Waals surface area (Å²) in [6.45, 7) is 5.99. The van der Waals surface area contributed by atoms with Gasteiger partial charge in [-0.25, -0.2) is 4.79 Å². The first-order chi connectivity index (χ1) is 9.49. The van der Waals surface area contributed by atoms with Crippen molar-refractivity contribution in [1.82, 2.24) is 0 Å². The first-order valence-electron chi connectivity index (χ1n) is 6.57. The van der Waals surface area contributed by atoms with Gasteiger partial charge in [0.05, 0.1) is 5.57 Å². The fourth-order valence-corrected chi connectivity index (χ4v) is 2.08. The highest BCUT2D eigenvalue weighted by Crippen LogP contribution is 2.22. The fourth-order valence-electron chi connectivity index (χ4n) is 2.08. The molecule has 0 aromatic heterocycles. The van der Waals surface area contributed by atoms with Crippen molar-refractivity contribution in [2.24, 2.45) is 0 Å². The van der Waals surface area contributed by atoms with Gasteiger partial charge in [0.25, 0.3) is 0 Å². The summed E-state index contributed by atoms with van der Waals surface area (Å²) in [6.07, 6.45) is 1.74. The number of carboxylic acids is 1. The van der Waals surface area contributed by atoms with Crippen LogP contribution < -0.4 is 0 Å². The van der Waals surface area contributed by atoms with Crippen molar-refractivity contribution in [3.8, 4) is 0 Å². The van der Waals surface area contributed by atoms with Gasteiger partial charge in [-0.2, -0.15) is 0 Å². The molecule has 0 saturated carbocycles. The molecule has 0 unspecified atom stereocenters. The predicted octanol–water partition coefficient (Wildman–Crippen LogP) is 4.24. The topological polar surface area (TPSA) is 37.3 Å². The third kappa shape index (κ3) is 2.97. The molecule has 1 N–H and O–H groups in total. The van der Waals surface area contributed by atoms with E-state index in [1.165, 1.54) is 0 Å². The second kappa shape index (κ2) is 5.74. The maximum absolute atomic E-state index is 11.5. The monoisotopic (exact) mass is 266 g/mol. The van der Waals surface area contributed by atoms with Crippen molar-refractivity contribution >= 4 is 17.6 Å². The first kappa shape index (κ1) is 14.1. The fraction of sp³-hybridized carbons (Fsp3) is 0.167. The predicted molar refractivity (Wildman–Crippen MR) is 82.6 cm³/mol. The minimum Gasteiger partial charge on any atom is -0.478 e. The molecule has 0 aliphatic rings. The Hall–Kier alpha value is -2.35. The lowest BCUT2D eigenvalue weighted by atomic mass is 9.97. The number of hydrogen-bond donors (Lipinski definition) is 1. The molecule has 0 radical (unpaired) electrons. The highest BCUT2D eigenvalue weighted by molar-refractivity contribution is 6.20. The van der Waals surface area contributed by atoms with Gasteiger partial charge >= 0.3 is 5.97 Å². The van der Waals surface area contributed by atoms with Gasteiger partial charge in [-0.15, -0.1) is 0 Å². The number of benzene rings is 2. The molecule has 0 heterocycles. The van der Waals surface area contributed by atoms with Crippen LogP contribution in [0.15, 0.2) is 42.5 Å². The third-order valence-corrected chi connectivity index (χ3v) is 3.54. The molecule has 0 aliphatic carbocycles. The zero-order valence-electron chi connectivity index (χ0n) is 12.0. The molecule has 0 atom stereocenters. The molecular formula is C18H18O2. The van der Waals surface area contributed by atoms with Crippen molar-refractivity contribution in [2.75, 3.05) is 0 Å². The van der Waals surface area contributed by atoms with Crippen molar-refractivity contribution in [1.29, 1.82) is 0 Å². The number of aliphatic carboxylic acids is 1. The highest BCUT2D eigenvalue weighted by Gasteiger charge is 2.11. The molecule has 2 aromatic rings. The smallest absolute Gasteiger partial charge is 0.336 e. The Morgan fingerprint density at radius 2 is 1.65 bits per heavy atom. The zero-order chi connectivity index (χ0) is 14.7. The molecule has 2 aromatic carbocycles. The van der Waals surface area contributed by atoms with Crippen LogP contribution in [0.3, 0.4) is 0 Å². The number of carboxylic acid groups (broad SMARTS) is 1. The van der Waals surface area contributed by atoms with Crippen LogP contribution in [-0.4, -0.2) is 11.1 Å². The summed E-state index contributed by atoms with van der Waals surface area (Å²) >= 11 is 0. The molecule has 20 heavy (non-hydrogen) atoms. The molecule has 2 nitrogen and oxygen atoms in total. The Kier molecular flexibility index (Phi) is 4.04. The number of aryl methyl sites for hydroxylation is 3. The van der Waals surface area contributed by atoms with Crippen LogP contribution >= 0.6 is 0 Å². The number of hydrogen-bond acceptors (Lipinski definition) is 1. The van der Waals surface area contributed by atoms with E-state index in [1.807, 2.05) is 63.2 Å². The van der Waals surface area contributed by atoms with Gasteiger partial charge in [-0.3, -0.25) is 0 Å². The van der Waals surface area contributed by atoms with E-state index in [2.05, 4.69) is 0 Å². The quantitative estimate of drug-likeness (QED) is 0.666. The van der Waals surface area contributed by atoms with Gasteiger partial charge in [-0.05, 0) is 54.7 Å². The molecule has 0 aliphatic heterocycles. The maximum atomic E-state index is 11.5. The van der Waals surface area contributed by atoms with E-state index < -0.39 is 5.97 Å². The molecule has 0 saturated heterocycles. The van der Waals surface area contributed by atoms with Gasteiger partial charge in [0, 0.05) is 0 Å². The van der Waals surface area contributed by atoms with Gasteiger partial charge in [0.1, 0.15) is 0 Å². The molecule has 2 rings (SSSR count). The second-order valence-corrected chi connectivity index (χ2v) is 5.02. The summed E-state index contributed by atoms with van der Waals surface area (Å²) in [7, 11) is 0. The summed E-state index contributed by atoms with van der Waals surface area (Å²) in [5.74, 6) is -0.906. The number of carbonyl (C=O) groups is 1. The van der Waals surface area contributed by atoms with E-state index in [4.69, 9.17) is 0 Å². The summed E-state index contributed by atoms with van der Waals surface area (Å²) < 4.78 is 0. The molecular weight excluding hydrogens is 248 g/mol. The van der Waals surface area contributed by atoms with Crippen molar-refractivity contribution in [3.05, 3.63) is 70.3 Å². The van der Waals surface area contributed by atoms with Gasteiger partial charge < -0.3 is 5.11 Å². The van der Waals surface area contributed by atoms with Crippen LogP contribution in [-0.2, 0) is 4.79 Å². The van der Waals surface area contributed by atoms with Crippen molar-refractivity contribution in [2.45, 2.75) is 20.8 Å². The van der Waals surface area contributed by atoms with E-state index >= 15 is 0 Å². The average molecular weight is 266 g/mol. The summed E-state index contributed by atoms with van der Waals surface area (Å²) in [6, 6.07) is 13.5. The molecule has 0 bridgehead atoms. The Labute approximate surface area is 119 Å². The van der Waals surface area contributed by atoms with E-state index in [0.29, 0.717) is 5.57 Å². The third-order valence-electron chi connectivity index (χ3n) is 3.54. The summed E-state index contributed by atoms with van der Waals surface area (Å²) in [4.78, 5) is 11.5. The summed E-state index contributed by atoms with van der Waals surface area (Å²) in [5, 5.41) is 9.47. The van der Waals surface area contributed by atoms with E-state index in [0.717, 1.165) is 27.8 Å². The Balaban J connectivity index is 2.54. The van der Waals surface area contributed by atoms with Crippen LogP contribution in [0.5, 0.6) is 0 Å². The first-order valence-corrected chi connectivity index (χ1v) is 6.57. The SMILES string of the molecule is Cc1ccc(/C(=C/c2ccccc2C)C(=O)O)cc1C. The minimum atomic E-state index is -0.906. The van der Waals surface area contributed by atoms with Crippen LogP contribution in [0.25, 0.3) is 11.6 Å². The van der Waals surface area contributed by atoms with Crippen molar-refractivity contribution < 1.29 is 9.90 Å². The van der Waals surface area contributed by atoms with Gasteiger partial charge in [-0.1, -0.05) is 42.5 Å². The summed E-state index contributed by atoms with van der Waals surface area (Å²) in [5.41, 5.74) is 5.32. The number of rotatable bonds is 3. The molecule has 2 heteroatoms. The molecule has 102 valence electrons. The molecule has 0 amide bonds. The van der Waals surface area contributed by atoms with Crippen LogP contribution in [0.1, 0.15) is 27.8 Å². The van der Waals surface area contributed by atoms with Crippen LogP contribution in [0.4, 0.5) is 0 Å². The van der Waals surface area contributed by atoms with E-state index in [-0.39, 0.29) is 0 Å². The molecule has 0 fully saturated rings. The van der Waals surface area contributed by atoms with E-state index in [9.17, 15) is 9.90 Å². The van der Waals surface area contributed by atoms with Crippen LogP contribution in [0.2, 0.25) is 0 Å². The largest absolute Gasteiger partial charge is 0.478 e. The maximum Gasteiger partial charge on any atom is 0.336 e. The van der Waals surface area contributed by atoms with E-state index in [1.54, 1.807) is 6.08 Å². The Bertz CT molecular complexity index is 682. The Morgan fingerprint density at radius 3 is 2.25 bits per heavy atom. The normalized spacial score (nSPS) is 11.4. The molecule has 0 spiro atoms.